The zero-order valence-electron chi connectivity index (χ0n) is 11.1. The highest BCUT2D eigenvalue weighted by Crippen LogP contribution is 2.45. The Morgan fingerprint density at radius 2 is 2.20 bits per heavy atom. The largest absolute Gasteiger partial charge is 0.465 e. The Morgan fingerprint density at radius 3 is 2.80 bits per heavy atom. The Morgan fingerprint density at radius 1 is 1.45 bits per heavy atom. The van der Waals surface area contributed by atoms with Crippen molar-refractivity contribution in [2.75, 3.05) is 0 Å². The predicted octanol–water partition coefficient (Wildman–Crippen LogP) is 2.41. The van der Waals surface area contributed by atoms with Gasteiger partial charge in [-0.2, -0.15) is 4.98 Å². The van der Waals surface area contributed by atoms with Gasteiger partial charge in [0.25, 0.3) is 0 Å². The highest BCUT2D eigenvalue weighted by molar-refractivity contribution is 5.66. The molecule has 104 valence electrons. The normalized spacial score (nSPS) is 20.6. The van der Waals surface area contributed by atoms with E-state index in [9.17, 15) is 9.90 Å². The molecule has 0 saturated heterocycles. The average Bonchev–Trinajstić information content (AvgIpc) is 3.12. The van der Waals surface area contributed by atoms with E-state index < -0.39 is 6.09 Å². The summed E-state index contributed by atoms with van der Waals surface area (Å²) in [6.07, 6.45) is -0.118. The molecule has 0 unspecified atom stereocenters. The van der Waals surface area contributed by atoms with E-state index in [1.165, 1.54) is 10.5 Å². The molecule has 2 aromatic rings. The Kier molecular flexibility index (Phi) is 3.14. The number of amides is 1. The van der Waals surface area contributed by atoms with E-state index in [1.807, 2.05) is 30.3 Å². The van der Waals surface area contributed by atoms with Crippen LogP contribution in [0.1, 0.15) is 29.6 Å². The van der Waals surface area contributed by atoms with Crippen molar-refractivity contribution in [2.24, 2.45) is 0 Å². The first-order chi connectivity index (χ1) is 9.65. The molecule has 1 aromatic heterocycles. The molecule has 1 heterocycles. The van der Waals surface area contributed by atoms with E-state index in [0.29, 0.717) is 11.7 Å². The molecular weight excluding hydrogens is 258 g/mol. The van der Waals surface area contributed by atoms with Crippen molar-refractivity contribution in [3.63, 3.8) is 0 Å². The number of nitrogens with zero attached hydrogens (tertiary/aromatic N) is 3. The van der Waals surface area contributed by atoms with Crippen LogP contribution in [0, 0.1) is 6.92 Å². The molecule has 1 saturated carbocycles. The molecule has 3 rings (SSSR count). The van der Waals surface area contributed by atoms with Crippen LogP contribution >= 0.6 is 0 Å². The second kappa shape index (κ2) is 4.96. The van der Waals surface area contributed by atoms with Crippen molar-refractivity contribution in [1.29, 1.82) is 0 Å². The van der Waals surface area contributed by atoms with Crippen molar-refractivity contribution >= 4 is 6.09 Å². The summed E-state index contributed by atoms with van der Waals surface area (Å²) < 4.78 is 5.00. The lowest BCUT2D eigenvalue weighted by atomic mass is 10.1. The Balaban J connectivity index is 1.72. The highest BCUT2D eigenvalue weighted by atomic mass is 16.5. The fourth-order valence-corrected chi connectivity index (χ4v) is 2.46. The molecule has 1 aliphatic rings. The standard InChI is InChI=1S/C14H15N3O3/c1-9-15-13(20-16-9)8-17(14(18)19)12-7-11(12)10-5-3-2-4-6-10/h2-6,11-12H,7-8H2,1H3,(H,18,19)/t11-,12-/m0/s1. The van der Waals surface area contributed by atoms with Crippen LogP contribution in [-0.2, 0) is 6.54 Å². The summed E-state index contributed by atoms with van der Waals surface area (Å²) in [5.41, 5.74) is 1.17. The number of benzene rings is 1. The third-order valence-electron chi connectivity index (χ3n) is 3.51. The molecule has 0 aliphatic heterocycles. The van der Waals surface area contributed by atoms with Gasteiger partial charge >= 0.3 is 6.09 Å². The average molecular weight is 273 g/mol. The minimum Gasteiger partial charge on any atom is -0.465 e. The Labute approximate surface area is 116 Å². The lowest BCUT2D eigenvalue weighted by molar-refractivity contribution is 0.131. The summed E-state index contributed by atoms with van der Waals surface area (Å²) in [5.74, 6) is 1.11. The third-order valence-corrected chi connectivity index (χ3v) is 3.51. The van der Waals surface area contributed by atoms with E-state index in [0.717, 1.165) is 6.42 Å². The monoisotopic (exact) mass is 273 g/mol. The molecule has 1 N–H and O–H groups in total. The number of rotatable bonds is 4. The van der Waals surface area contributed by atoms with Gasteiger partial charge in [0.2, 0.25) is 5.89 Å². The van der Waals surface area contributed by atoms with Gasteiger partial charge < -0.3 is 9.63 Å². The smallest absolute Gasteiger partial charge is 0.408 e. The lowest BCUT2D eigenvalue weighted by Crippen LogP contribution is -2.32. The number of hydrogen-bond donors (Lipinski definition) is 1. The predicted molar refractivity (Wildman–Crippen MR) is 70.2 cm³/mol. The van der Waals surface area contributed by atoms with Gasteiger partial charge in [-0.15, -0.1) is 0 Å². The molecule has 0 radical (unpaired) electrons. The topological polar surface area (TPSA) is 79.5 Å². The molecule has 0 spiro atoms. The number of carboxylic acid groups (broad SMARTS) is 1. The third kappa shape index (κ3) is 2.49. The van der Waals surface area contributed by atoms with Gasteiger partial charge in [0.1, 0.15) is 6.54 Å². The van der Waals surface area contributed by atoms with Gasteiger partial charge in [-0.1, -0.05) is 35.5 Å². The van der Waals surface area contributed by atoms with Gasteiger partial charge in [-0.3, -0.25) is 4.90 Å². The molecule has 6 heteroatoms. The summed E-state index contributed by atoms with van der Waals surface area (Å²) in [5, 5.41) is 13.0. The number of aromatic nitrogens is 2. The van der Waals surface area contributed by atoms with Crippen LogP contribution in [0.4, 0.5) is 4.79 Å². The molecule has 1 amide bonds. The lowest BCUT2D eigenvalue weighted by Gasteiger charge is -2.17. The SMILES string of the molecule is Cc1noc(CN(C(=O)O)[C@H]2C[C@H]2c2ccccc2)n1. The van der Waals surface area contributed by atoms with E-state index in [4.69, 9.17) is 4.52 Å². The first-order valence-corrected chi connectivity index (χ1v) is 6.49. The highest BCUT2D eigenvalue weighted by Gasteiger charge is 2.45. The Bertz CT molecular complexity index is 611. The van der Waals surface area contributed by atoms with Crippen molar-refractivity contribution in [3.8, 4) is 0 Å². The second-order valence-electron chi connectivity index (χ2n) is 4.97. The van der Waals surface area contributed by atoms with Crippen LogP contribution in [0.2, 0.25) is 0 Å². The first kappa shape index (κ1) is 12.7. The van der Waals surface area contributed by atoms with Gasteiger partial charge in [-0.05, 0) is 18.9 Å². The van der Waals surface area contributed by atoms with Crippen molar-refractivity contribution < 1.29 is 14.4 Å². The first-order valence-electron chi connectivity index (χ1n) is 6.49. The summed E-state index contributed by atoms with van der Waals surface area (Å²) >= 11 is 0. The van der Waals surface area contributed by atoms with Crippen molar-refractivity contribution in [1.82, 2.24) is 15.0 Å². The Hall–Kier alpha value is -2.37. The van der Waals surface area contributed by atoms with E-state index in [2.05, 4.69) is 10.1 Å². The van der Waals surface area contributed by atoms with Gasteiger partial charge in [0.05, 0.1) is 0 Å². The maximum atomic E-state index is 11.4. The van der Waals surface area contributed by atoms with E-state index >= 15 is 0 Å². The molecule has 2 atom stereocenters. The molecular formula is C14H15N3O3. The number of carbonyl (C=O) groups is 1. The molecule has 1 aliphatic carbocycles. The van der Waals surface area contributed by atoms with Crippen LogP contribution < -0.4 is 0 Å². The molecule has 0 bridgehead atoms. The van der Waals surface area contributed by atoms with Crippen molar-refractivity contribution in [2.45, 2.75) is 31.8 Å². The summed E-state index contributed by atoms with van der Waals surface area (Å²) in [4.78, 5) is 16.8. The molecule has 1 aromatic carbocycles. The minimum absolute atomic E-state index is 0.0119. The quantitative estimate of drug-likeness (QED) is 0.925. The van der Waals surface area contributed by atoms with Gasteiger partial charge in [0, 0.05) is 12.0 Å². The maximum Gasteiger partial charge on any atom is 0.408 e. The fourth-order valence-electron chi connectivity index (χ4n) is 2.46. The number of aryl methyl sites for hydroxylation is 1. The van der Waals surface area contributed by atoms with Crippen LogP contribution in [0.3, 0.4) is 0 Å². The fraction of sp³-hybridized carbons (Fsp3) is 0.357. The van der Waals surface area contributed by atoms with E-state index in [-0.39, 0.29) is 18.5 Å². The summed E-state index contributed by atoms with van der Waals surface area (Å²) in [6.45, 7) is 1.85. The summed E-state index contributed by atoms with van der Waals surface area (Å²) in [7, 11) is 0. The van der Waals surface area contributed by atoms with Crippen LogP contribution in [0.5, 0.6) is 0 Å². The van der Waals surface area contributed by atoms with E-state index in [1.54, 1.807) is 6.92 Å². The van der Waals surface area contributed by atoms with Gasteiger partial charge in [0.15, 0.2) is 5.82 Å². The number of hydrogen-bond acceptors (Lipinski definition) is 4. The van der Waals surface area contributed by atoms with Gasteiger partial charge in [-0.25, -0.2) is 4.79 Å². The zero-order valence-corrected chi connectivity index (χ0v) is 11.1. The molecule has 6 nitrogen and oxygen atoms in total. The second-order valence-corrected chi connectivity index (χ2v) is 4.97. The minimum atomic E-state index is -0.954. The molecule has 1 fully saturated rings. The summed E-state index contributed by atoms with van der Waals surface area (Å²) in [6, 6.07) is 9.94. The maximum absolute atomic E-state index is 11.4. The van der Waals surface area contributed by atoms with Crippen LogP contribution in [-0.4, -0.2) is 32.3 Å². The van der Waals surface area contributed by atoms with Crippen LogP contribution in [0.15, 0.2) is 34.9 Å². The molecule has 20 heavy (non-hydrogen) atoms. The van der Waals surface area contributed by atoms with Crippen LogP contribution in [0.25, 0.3) is 0 Å². The zero-order chi connectivity index (χ0) is 14.1. The van der Waals surface area contributed by atoms with Crippen molar-refractivity contribution in [3.05, 3.63) is 47.6 Å².